The number of aromatic nitrogens is 3. The molecule has 3 nitrogen and oxygen atoms in total. The highest BCUT2D eigenvalue weighted by Gasteiger charge is 2.27. The number of aryl methyl sites for hydroxylation is 4. The van der Waals surface area contributed by atoms with E-state index in [-0.39, 0.29) is 0 Å². The Kier molecular flexibility index (Phi) is 7.20. The fourth-order valence-electron chi connectivity index (χ4n) is 11.2. The smallest absolute Gasteiger partial charge is 0.0628 e. The maximum absolute atomic E-state index is 2.56. The van der Waals surface area contributed by atoms with Crippen molar-refractivity contribution in [3.63, 3.8) is 0 Å². The first-order valence-electron chi connectivity index (χ1n) is 21.8. The zero-order chi connectivity index (χ0) is 41.5. The minimum Gasteiger partial charge on any atom is -0.309 e. The minimum atomic E-state index is 1.18. The fraction of sp³-hybridized carbons (Fsp3) is 0.0847. The van der Waals surface area contributed by atoms with E-state index in [1.165, 1.54) is 143 Å². The summed E-state index contributed by atoms with van der Waals surface area (Å²) < 4.78 is 7.54. The molecule has 0 radical (unpaired) electrons. The van der Waals surface area contributed by atoms with Crippen molar-refractivity contribution in [3.8, 4) is 33.6 Å². The quantitative estimate of drug-likeness (QED) is 0.169. The van der Waals surface area contributed by atoms with Crippen LogP contribution < -0.4 is 0 Å². The normalized spacial score (nSPS) is 12.3. The van der Waals surface area contributed by atoms with Gasteiger partial charge in [0, 0.05) is 54.5 Å². The van der Waals surface area contributed by atoms with Gasteiger partial charge >= 0.3 is 0 Å². The third-order valence-electron chi connectivity index (χ3n) is 13.9. The van der Waals surface area contributed by atoms with Crippen LogP contribution in [-0.2, 0) is 0 Å². The van der Waals surface area contributed by atoms with Gasteiger partial charge in [-0.05, 0) is 151 Å². The SMILES string of the molecule is Cc1cccc(-n2c3ccccc3c3c(-c4cc5c6c7c8ccccc8n(-c8cccc(C)c8)c7cc7c8ccccc8n(c5cc4C)c76)c(C)c(-c4ccccc4C)cc32)c1. The molecule has 9 aromatic carbocycles. The van der Waals surface area contributed by atoms with Crippen molar-refractivity contribution in [1.29, 1.82) is 0 Å². The van der Waals surface area contributed by atoms with Crippen molar-refractivity contribution in [1.82, 2.24) is 13.5 Å². The summed E-state index contributed by atoms with van der Waals surface area (Å²) in [6, 6.07) is 63.7. The van der Waals surface area contributed by atoms with Crippen LogP contribution >= 0.6 is 0 Å². The monoisotopic (exact) mass is 793 g/mol. The Balaban J connectivity index is 1.24. The molecule has 294 valence electrons. The van der Waals surface area contributed by atoms with Gasteiger partial charge in [0.25, 0.3) is 0 Å². The van der Waals surface area contributed by atoms with Crippen molar-refractivity contribution in [2.75, 3.05) is 0 Å². The average Bonchev–Trinajstić information content (AvgIpc) is 4.00. The number of benzene rings is 9. The van der Waals surface area contributed by atoms with Crippen LogP contribution in [-0.4, -0.2) is 13.5 Å². The second-order valence-corrected chi connectivity index (χ2v) is 17.6. The first-order chi connectivity index (χ1) is 30.4. The van der Waals surface area contributed by atoms with Crippen LogP contribution in [0, 0.1) is 34.6 Å². The van der Waals surface area contributed by atoms with Gasteiger partial charge in [0.15, 0.2) is 0 Å². The molecule has 0 unspecified atom stereocenters. The van der Waals surface area contributed by atoms with E-state index >= 15 is 0 Å². The molecular formula is C59H43N3. The molecule has 13 rings (SSSR count). The third-order valence-corrected chi connectivity index (χ3v) is 13.9. The van der Waals surface area contributed by atoms with E-state index < -0.39 is 0 Å². The number of fused-ring (bicyclic) bond motifs is 13. The van der Waals surface area contributed by atoms with Gasteiger partial charge in [0.1, 0.15) is 0 Å². The maximum Gasteiger partial charge on any atom is 0.0628 e. The zero-order valence-corrected chi connectivity index (χ0v) is 35.5. The molecule has 0 aliphatic heterocycles. The maximum atomic E-state index is 2.56. The molecule has 0 saturated heterocycles. The van der Waals surface area contributed by atoms with Crippen molar-refractivity contribution in [3.05, 3.63) is 198 Å². The lowest BCUT2D eigenvalue weighted by Crippen LogP contribution is -1.98. The Morgan fingerprint density at radius 3 is 1.56 bits per heavy atom. The predicted molar refractivity (Wildman–Crippen MR) is 264 cm³/mol. The van der Waals surface area contributed by atoms with E-state index in [4.69, 9.17) is 0 Å². The Labute approximate surface area is 359 Å². The molecule has 0 fully saturated rings. The minimum absolute atomic E-state index is 1.18. The summed E-state index contributed by atoms with van der Waals surface area (Å²) in [5, 5.41) is 10.3. The molecule has 13 aromatic rings. The number of rotatable bonds is 4. The highest BCUT2D eigenvalue weighted by atomic mass is 15.0. The highest BCUT2D eigenvalue weighted by molar-refractivity contribution is 6.36. The molecular weight excluding hydrogens is 751 g/mol. The lowest BCUT2D eigenvalue weighted by Gasteiger charge is -2.19. The van der Waals surface area contributed by atoms with Crippen molar-refractivity contribution in [2.24, 2.45) is 0 Å². The van der Waals surface area contributed by atoms with Gasteiger partial charge in [-0.3, -0.25) is 0 Å². The fourth-order valence-corrected chi connectivity index (χ4v) is 11.2. The predicted octanol–water partition coefficient (Wildman–Crippen LogP) is 15.9. The van der Waals surface area contributed by atoms with E-state index in [1.807, 2.05) is 0 Å². The van der Waals surface area contributed by atoms with E-state index in [9.17, 15) is 0 Å². The number of hydrogen-bond acceptors (Lipinski definition) is 0. The Bertz CT molecular complexity index is 4040. The summed E-state index contributed by atoms with van der Waals surface area (Å²) in [6.45, 7) is 11.3. The van der Waals surface area contributed by atoms with E-state index in [0.29, 0.717) is 0 Å². The van der Waals surface area contributed by atoms with Crippen molar-refractivity contribution >= 4 is 81.7 Å². The molecule has 4 aromatic heterocycles. The molecule has 0 N–H and O–H groups in total. The third kappa shape index (κ3) is 4.65. The highest BCUT2D eigenvalue weighted by Crippen LogP contribution is 2.50. The van der Waals surface area contributed by atoms with E-state index in [2.05, 4.69) is 218 Å². The summed E-state index contributed by atoms with van der Waals surface area (Å²) in [5.74, 6) is 0. The first kappa shape index (κ1) is 35.2. The summed E-state index contributed by atoms with van der Waals surface area (Å²) in [4.78, 5) is 0. The Hall–Kier alpha value is -7.62. The summed E-state index contributed by atoms with van der Waals surface area (Å²) >= 11 is 0. The summed E-state index contributed by atoms with van der Waals surface area (Å²) in [6.07, 6.45) is 0. The van der Waals surface area contributed by atoms with E-state index in [0.717, 1.165) is 0 Å². The second-order valence-electron chi connectivity index (χ2n) is 17.6. The molecule has 0 saturated carbocycles. The van der Waals surface area contributed by atoms with E-state index in [1.54, 1.807) is 0 Å². The first-order valence-corrected chi connectivity index (χ1v) is 21.8. The van der Waals surface area contributed by atoms with Gasteiger partial charge in [-0.2, -0.15) is 0 Å². The Morgan fingerprint density at radius 1 is 0.323 bits per heavy atom. The molecule has 4 heterocycles. The van der Waals surface area contributed by atoms with Gasteiger partial charge in [-0.1, -0.05) is 103 Å². The molecule has 0 aliphatic rings. The second kappa shape index (κ2) is 12.7. The molecule has 0 amide bonds. The average molecular weight is 794 g/mol. The molecule has 0 aliphatic carbocycles. The van der Waals surface area contributed by atoms with Crippen LogP contribution in [0.1, 0.15) is 27.8 Å². The van der Waals surface area contributed by atoms with Crippen LogP contribution in [0.15, 0.2) is 170 Å². The molecule has 3 heteroatoms. The van der Waals surface area contributed by atoms with Crippen LogP contribution in [0.5, 0.6) is 0 Å². The van der Waals surface area contributed by atoms with Crippen LogP contribution in [0.25, 0.3) is 115 Å². The Morgan fingerprint density at radius 2 is 0.903 bits per heavy atom. The van der Waals surface area contributed by atoms with Gasteiger partial charge in [0.05, 0.1) is 38.6 Å². The lowest BCUT2D eigenvalue weighted by molar-refractivity contribution is 1.17. The topological polar surface area (TPSA) is 14.3 Å². The standard InChI is InChI=1S/C59H43N3/c1-34-16-14-19-39(28-34)60-50-26-12-9-23-43(50)56-53(60)32-46(41-21-7-6-18-36(41)3)38(5)55(56)45-31-48-52(30-37(45)4)62-49-25-11-8-22-42(49)47-33-54-57(58(48)59(47)62)44-24-10-13-27-51(44)61(54)40-20-15-17-35(2)29-40/h6-33H,1-5H3. The van der Waals surface area contributed by atoms with Crippen LogP contribution in [0.3, 0.4) is 0 Å². The number of nitrogens with zero attached hydrogens (tertiary/aromatic N) is 3. The van der Waals surface area contributed by atoms with Gasteiger partial charge < -0.3 is 13.5 Å². The zero-order valence-electron chi connectivity index (χ0n) is 35.5. The van der Waals surface area contributed by atoms with Crippen molar-refractivity contribution < 1.29 is 0 Å². The molecule has 62 heavy (non-hydrogen) atoms. The molecule has 0 spiro atoms. The van der Waals surface area contributed by atoms with Crippen LogP contribution in [0.2, 0.25) is 0 Å². The van der Waals surface area contributed by atoms with Crippen LogP contribution in [0.4, 0.5) is 0 Å². The molecule has 0 bridgehead atoms. The van der Waals surface area contributed by atoms with Crippen molar-refractivity contribution in [2.45, 2.75) is 34.6 Å². The van der Waals surface area contributed by atoms with Gasteiger partial charge in [0.2, 0.25) is 0 Å². The number of para-hydroxylation sites is 3. The largest absolute Gasteiger partial charge is 0.309 e. The summed E-state index contributed by atoms with van der Waals surface area (Å²) in [5.41, 5.74) is 22.5. The summed E-state index contributed by atoms with van der Waals surface area (Å²) in [7, 11) is 0. The van der Waals surface area contributed by atoms with Gasteiger partial charge in [-0.15, -0.1) is 0 Å². The lowest BCUT2D eigenvalue weighted by atomic mass is 9.85. The molecule has 0 atom stereocenters. The number of hydrogen-bond donors (Lipinski definition) is 0. The van der Waals surface area contributed by atoms with Gasteiger partial charge in [-0.25, -0.2) is 0 Å².